The van der Waals surface area contributed by atoms with E-state index in [0.29, 0.717) is 6.61 Å². The van der Waals surface area contributed by atoms with E-state index in [9.17, 15) is 0 Å². The van der Waals surface area contributed by atoms with Crippen LogP contribution in [0, 0.1) is 0 Å². The summed E-state index contributed by atoms with van der Waals surface area (Å²) in [5, 5.41) is 14.2. The highest BCUT2D eigenvalue weighted by atomic mass is 16.5. The first-order valence-corrected chi connectivity index (χ1v) is 5.12. The van der Waals surface area contributed by atoms with E-state index in [2.05, 4.69) is 20.6 Å². The van der Waals surface area contributed by atoms with Crippen molar-refractivity contribution in [3.8, 4) is 0 Å². The minimum atomic E-state index is 0.668. The molecule has 0 aliphatic rings. The number of hydrogen-bond acceptors (Lipinski definition) is 4. The van der Waals surface area contributed by atoms with Gasteiger partial charge in [-0.15, -0.1) is 0 Å². The van der Waals surface area contributed by atoms with Gasteiger partial charge in [0.2, 0.25) is 0 Å². The molecule has 2 N–H and O–H groups in total. The van der Waals surface area contributed by atoms with Crippen molar-refractivity contribution in [1.29, 1.82) is 0 Å². The smallest absolute Gasteiger partial charge is 0.0729 e. The SMILES string of the molecule is COCCn1cc(NCc2ccn[nH]2)cn1. The van der Waals surface area contributed by atoms with Crippen LogP contribution >= 0.6 is 0 Å². The van der Waals surface area contributed by atoms with Crippen molar-refractivity contribution in [2.75, 3.05) is 19.0 Å². The third kappa shape index (κ3) is 2.83. The zero-order valence-corrected chi connectivity index (χ0v) is 9.18. The van der Waals surface area contributed by atoms with E-state index < -0.39 is 0 Å². The molecule has 0 saturated carbocycles. The first-order valence-electron chi connectivity index (χ1n) is 5.12. The Hall–Kier alpha value is -1.82. The molecule has 0 saturated heterocycles. The average molecular weight is 221 g/mol. The molecule has 86 valence electrons. The molecule has 0 atom stereocenters. The van der Waals surface area contributed by atoms with Crippen molar-refractivity contribution < 1.29 is 4.74 Å². The monoisotopic (exact) mass is 221 g/mol. The molecule has 2 heterocycles. The van der Waals surface area contributed by atoms with E-state index in [4.69, 9.17) is 4.74 Å². The third-order valence-corrected chi connectivity index (χ3v) is 2.20. The van der Waals surface area contributed by atoms with Crippen molar-refractivity contribution in [2.24, 2.45) is 0 Å². The van der Waals surface area contributed by atoms with Gasteiger partial charge >= 0.3 is 0 Å². The summed E-state index contributed by atoms with van der Waals surface area (Å²) < 4.78 is 6.83. The summed E-state index contributed by atoms with van der Waals surface area (Å²) in [6.45, 7) is 2.15. The van der Waals surface area contributed by atoms with Crippen LogP contribution < -0.4 is 5.32 Å². The molecule has 0 fully saturated rings. The predicted molar refractivity (Wildman–Crippen MR) is 60.0 cm³/mol. The molecule has 0 unspecified atom stereocenters. The normalized spacial score (nSPS) is 10.6. The largest absolute Gasteiger partial charge is 0.383 e. The van der Waals surface area contributed by atoms with Gasteiger partial charge in [0.25, 0.3) is 0 Å². The van der Waals surface area contributed by atoms with Crippen LogP contribution in [0.15, 0.2) is 24.7 Å². The number of aromatic nitrogens is 4. The molecule has 16 heavy (non-hydrogen) atoms. The number of ether oxygens (including phenoxy) is 1. The first-order chi connectivity index (χ1) is 7.88. The molecule has 2 aromatic heterocycles. The van der Waals surface area contributed by atoms with Crippen molar-refractivity contribution in [1.82, 2.24) is 20.0 Å². The number of nitrogens with zero attached hydrogens (tertiary/aromatic N) is 3. The van der Waals surface area contributed by atoms with Crippen molar-refractivity contribution in [2.45, 2.75) is 13.1 Å². The lowest BCUT2D eigenvalue weighted by Crippen LogP contribution is -2.04. The van der Waals surface area contributed by atoms with Gasteiger partial charge in [-0.1, -0.05) is 0 Å². The molecule has 0 spiro atoms. The second kappa shape index (κ2) is 5.32. The molecule has 2 aromatic rings. The van der Waals surface area contributed by atoms with Gasteiger partial charge in [0.1, 0.15) is 0 Å². The molecule has 2 rings (SSSR count). The van der Waals surface area contributed by atoms with E-state index in [-0.39, 0.29) is 0 Å². The Kier molecular flexibility index (Phi) is 3.55. The Morgan fingerprint density at radius 2 is 2.50 bits per heavy atom. The number of nitrogens with one attached hydrogen (secondary N) is 2. The van der Waals surface area contributed by atoms with Gasteiger partial charge in [-0.05, 0) is 6.07 Å². The Labute approximate surface area is 93.6 Å². The van der Waals surface area contributed by atoms with Crippen LogP contribution in [0.1, 0.15) is 5.69 Å². The quantitative estimate of drug-likeness (QED) is 0.759. The number of anilines is 1. The minimum Gasteiger partial charge on any atom is -0.383 e. The maximum Gasteiger partial charge on any atom is 0.0729 e. The molecule has 0 aromatic carbocycles. The summed E-state index contributed by atoms with van der Waals surface area (Å²) in [6.07, 6.45) is 5.49. The van der Waals surface area contributed by atoms with Gasteiger partial charge in [0, 0.05) is 19.5 Å². The molecule has 6 heteroatoms. The fourth-order valence-electron chi connectivity index (χ4n) is 1.34. The van der Waals surface area contributed by atoms with Gasteiger partial charge in [-0.25, -0.2) is 0 Å². The lowest BCUT2D eigenvalue weighted by Gasteiger charge is -2.00. The van der Waals surface area contributed by atoms with E-state index in [1.165, 1.54) is 0 Å². The van der Waals surface area contributed by atoms with E-state index in [1.54, 1.807) is 19.5 Å². The topological polar surface area (TPSA) is 67.8 Å². The molecule has 0 bridgehead atoms. The standard InChI is InChI=1S/C10H15N5O/c1-16-5-4-15-8-10(7-13-15)11-6-9-2-3-12-14-9/h2-3,7-8,11H,4-6H2,1H3,(H,12,14). The van der Waals surface area contributed by atoms with Gasteiger partial charge < -0.3 is 10.1 Å². The van der Waals surface area contributed by atoms with Gasteiger partial charge in [-0.3, -0.25) is 9.78 Å². The zero-order chi connectivity index (χ0) is 11.2. The fourth-order valence-corrected chi connectivity index (χ4v) is 1.34. The van der Waals surface area contributed by atoms with Gasteiger partial charge in [0.15, 0.2) is 0 Å². The van der Waals surface area contributed by atoms with Crippen LogP contribution in [0.5, 0.6) is 0 Å². The van der Waals surface area contributed by atoms with E-state index in [1.807, 2.05) is 16.9 Å². The maximum absolute atomic E-state index is 4.98. The summed E-state index contributed by atoms with van der Waals surface area (Å²) in [6, 6.07) is 1.93. The molecule has 0 aliphatic carbocycles. The number of H-pyrrole nitrogens is 1. The van der Waals surface area contributed by atoms with Crippen LogP contribution in [0.4, 0.5) is 5.69 Å². The fraction of sp³-hybridized carbons (Fsp3) is 0.400. The predicted octanol–water partition coefficient (Wildman–Crippen LogP) is 0.865. The summed E-state index contributed by atoms with van der Waals surface area (Å²) in [5.41, 5.74) is 2.04. The highest BCUT2D eigenvalue weighted by Gasteiger charge is 1.98. The first kappa shape index (κ1) is 10.7. The highest BCUT2D eigenvalue weighted by Crippen LogP contribution is 2.06. The Balaban J connectivity index is 1.83. The number of hydrogen-bond donors (Lipinski definition) is 2. The zero-order valence-electron chi connectivity index (χ0n) is 9.18. The average Bonchev–Trinajstić information content (AvgIpc) is 2.95. The number of methoxy groups -OCH3 is 1. The van der Waals surface area contributed by atoms with Gasteiger partial charge in [-0.2, -0.15) is 10.2 Å². The minimum absolute atomic E-state index is 0.668. The summed E-state index contributed by atoms with van der Waals surface area (Å²) in [7, 11) is 1.68. The van der Waals surface area contributed by atoms with Crippen LogP contribution in [-0.2, 0) is 17.8 Å². The molecule has 0 amide bonds. The Bertz CT molecular complexity index is 409. The lowest BCUT2D eigenvalue weighted by molar-refractivity contribution is 0.183. The van der Waals surface area contributed by atoms with E-state index in [0.717, 1.165) is 24.5 Å². The third-order valence-electron chi connectivity index (χ3n) is 2.20. The van der Waals surface area contributed by atoms with E-state index >= 15 is 0 Å². The van der Waals surface area contributed by atoms with Crippen LogP contribution in [0.2, 0.25) is 0 Å². The second-order valence-electron chi connectivity index (χ2n) is 3.42. The van der Waals surface area contributed by atoms with Crippen molar-refractivity contribution in [3.63, 3.8) is 0 Å². The highest BCUT2D eigenvalue weighted by molar-refractivity contribution is 5.38. The van der Waals surface area contributed by atoms with Crippen molar-refractivity contribution in [3.05, 3.63) is 30.4 Å². The molecule has 0 aliphatic heterocycles. The van der Waals surface area contributed by atoms with Crippen molar-refractivity contribution >= 4 is 5.69 Å². The van der Waals surface area contributed by atoms with Crippen LogP contribution in [0.25, 0.3) is 0 Å². The molecule has 6 nitrogen and oxygen atoms in total. The Morgan fingerprint density at radius 1 is 1.56 bits per heavy atom. The van der Waals surface area contributed by atoms with Crippen LogP contribution in [0.3, 0.4) is 0 Å². The number of rotatable bonds is 6. The Morgan fingerprint density at radius 3 is 3.25 bits per heavy atom. The molecule has 0 radical (unpaired) electrons. The lowest BCUT2D eigenvalue weighted by atomic mass is 10.4. The number of aromatic amines is 1. The summed E-state index contributed by atoms with van der Waals surface area (Å²) >= 11 is 0. The molecular weight excluding hydrogens is 206 g/mol. The molecular formula is C10H15N5O. The second-order valence-corrected chi connectivity index (χ2v) is 3.42. The maximum atomic E-state index is 4.98. The summed E-state index contributed by atoms with van der Waals surface area (Å²) in [5.74, 6) is 0. The van der Waals surface area contributed by atoms with Crippen LogP contribution in [-0.4, -0.2) is 33.7 Å². The summed E-state index contributed by atoms with van der Waals surface area (Å²) in [4.78, 5) is 0. The van der Waals surface area contributed by atoms with Gasteiger partial charge in [0.05, 0.1) is 37.3 Å².